The third-order valence-electron chi connectivity index (χ3n) is 6.24. The number of nitrogens with zero attached hydrogens (tertiary/aromatic N) is 4. The topological polar surface area (TPSA) is 98.7 Å². The zero-order valence-corrected chi connectivity index (χ0v) is 25.1. The van der Waals surface area contributed by atoms with E-state index in [9.17, 15) is 4.79 Å². The highest BCUT2D eigenvalue weighted by Crippen LogP contribution is 2.42. The second kappa shape index (κ2) is 12.5. The van der Waals surface area contributed by atoms with E-state index in [1.165, 1.54) is 18.0 Å². The maximum absolute atomic E-state index is 13.8. The van der Waals surface area contributed by atoms with Crippen LogP contribution in [0.5, 0.6) is 17.2 Å². The molecule has 0 spiro atoms. The second-order valence-corrected chi connectivity index (χ2v) is 10.3. The number of halogens is 2. The van der Waals surface area contributed by atoms with Crippen molar-refractivity contribution in [3.8, 4) is 34.7 Å². The molecular formula is C30H28BrClN4O4. The minimum absolute atomic E-state index is 0.178. The first-order valence-electron chi connectivity index (χ1n) is 12.6. The first kappa shape index (κ1) is 29.1. The van der Waals surface area contributed by atoms with E-state index in [4.69, 9.17) is 36.1 Å². The summed E-state index contributed by atoms with van der Waals surface area (Å²) < 4.78 is 18.6. The van der Waals surface area contributed by atoms with Crippen molar-refractivity contribution in [3.63, 3.8) is 0 Å². The van der Waals surface area contributed by atoms with Crippen LogP contribution in [0.4, 0.5) is 0 Å². The molecule has 0 N–H and O–H groups in total. The van der Waals surface area contributed by atoms with Gasteiger partial charge in [-0.15, -0.1) is 0 Å². The highest BCUT2D eigenvalue weighted by atomic mass is 79.9. The van der Waals surface area contributed by atoms with Crippen molar-refractivity contribution in [2.45, 2.75) is 33.6 Å². The van der Waals surface area contributed by atoms with E-state index in [0.29, 0.717) is 39.1 Å². The fraction of sp³-hybridized carbons (Fsp3) is 0.267. The molecule has 3 aromatic carbocycles. The molecule has 0 bridgehead atoms. The largest absolute Gasteiger partial charge is 0.494 e. The zero-order chi connectivity index (χ0) is 29.0. The van der Waals surface area contributed by atoms with Gasteiger partial charge in [0.2, 0.25) is 0 Å². The lowest BCUT2D eigenvalue weighted by Crippen LogP contribution is -2.21. The van der Waals surface area contributed by atoms with E-state index in [1.807, 2.05) is 44.2 Å². The number of para-hydroxylation sites is 1. The molecule has 4 aromatic rings. The summed E-state index contributed by atoms with van der Waals surface area (Å²) in [5, 5.41) is 14.2. The van der Waals surface area contributed by atoms with Crippen LogP contribution < -0.4 is 19.8 Å². The molecule has 0 amide bonds. The SMILES string of the molecule is CCOc1cc(C)c(-c2nc3ccccc3c(=O)n2N=Cc2cc(OC)c(OCC#N)c(Cl)c2Br)cc1C(C)C. The highest BCUT2D eigenvalue weighted by molar-refractivity contribution is 9.10. The Morgan fingerprint density at radius 1 is 1.20 bits per heavy atom. The lowest BCUT2D eigenvalue weighted by molar-refractivity contribution is 0.329. The number of aryl methyl sites for hydroxylation is 1. The smallest absolute Gasteiger partial charge is 0.282 e. The standard InChI is InChI=1S/C30H28BrClN4O4/c1-6-39-24-13-18(4)22(15-21(24)17(2)3)29-35-23-10-8-7-9-20(23)30(37)36(29)34-16-19-14-25(38-5)28(40-12-11-33)27(32)26(19)31/h7-10,13-17H,6,12H2,1-5H3. The molecule has 206 valence electrons. The fourth-order valence-electron chi connectivity index (χ4n) is 4.29. The third-order valence-corrected chi connectivity index (χ3v) is 7.69. The molecule has 10 heteroatoms. The van der Waals surface area contributed by atoms with E-state index < -0.39 is 0 Å². The molecule has 8 nitrogen and oxygen atoms in total. The molecular weight excluding hydrogens is 596 g/mol. The molecule has 0 fully saturated rings. The molecule has 0 atom stereocenters. The Morgan fingerprint density at radius 2 is 1.95 bits per heavy atom. The van der Waals surface area contributed by atoms with Crippen molar-refractivity contribution < 1.29 is 14.2 Å². The van der Waals surface area contributed by atoms with Gasteiger partial charge in [-0.3, -0.25) is 4.79 Å². The summed E-state index contributed by atoms with van der Waals surface area (Å²) in [5.41, 5.74) is 3.44. The van der Waals surface area contributed by atoms with Gasteiger partial charge in [0.05, 0.1) is 30.8 Å². The monoisotopic (exact) mass is 622 g/mol. The number of hydrogen-bond donors (Lipinski definition) is 0. The van der Waals surface area contributed by atoms with Crippen LogP contribution in [0.25, 0.3) is 22.3 Å². The molecule has 0 saturated carbocycles. The van der Waals surface area contributed by atoms with Crippen molar-refractivity contribution >= 4 is 44.6 Å². The normalized spacial score (nSPS) is 11.3. The van der Waals surface area contributed by atoms with Gasteiger partial charge >= 0.3 is 0 Å². The summed E-state index contributed by atoms with van der Waals surface area (Å²) in [7, 11) is 1.47. The maximum atomic E-state index is 13.8. The van der Waals surface area contributed by atoms with Gasteiger partial charge in [0, 0.05) is 15.6 Å². The number of nitriles is 1. The summed E-state index contributed by atoms with van der Waals surface area (Å²) in [6.45, 7) is 8.44. The van der Waals surface area contributed by atoms with Crippen LogP contribution in [0.1, 0.15) is 43.4 Å². The Balaban J connectivity index is 1.96. The van der Waals surface area contributed by atoms with Gasteiger partial charge in [-0.25, -0.2) is 4.98 Å². The Kier molecular flexibility index (Phi) is 9.13. The van der Waals surface area contributed by atoms with E-state index in [2.05, 4.69) is 34.9 Å². The van der Waals surface area contributed by atoms with Gasteiger partial charge < -0.3 is 14.2 Å². The molecule has 40 heavy (non-hydrogen) atoms. The van der Waals surface area contributed by atoms with E-state index in [-0.39, 0.29) is 28.9 Å². The van der Waals surface area contributed by atoms with E-state index in [1.54, 1.807) is 18.2 Å². The lowest BCUT2D eigenvalue weighted by Gasteiger charge is -2.18. The predicted molar refractivity (Wildman–Crippen MR) is 161 cm³/mol. The average molecular weight is 624 g/mol. The average Bonchev–Trinajstić information content (AvgIpc) is 2.94. The summed E-state index contributed by atoms with van der Waals surface area (Å²) in [6.07, 6.45) is 1.50. The molecule has 4 rings (SSSR count). The number of rotatable bonds is 9. The Morgan fingerprint density at radius 3 is 2.62 bits per heavy atom. The van der Waals surface area contributed by atoms with Crippen LogP contribution >= 0.6 is 27.5 Å². The minimum atomic E-state index is -0.320. The van der Waals surface area contributed by atoms with Crippen molar-refractivity contribution in [2.24, 2.45) is 5.10 Å². The molecule has 0 radical (unpaired) electrons. The van der Waals surface area contributed by atoms with Crippen molar-refractivity contribution in [1.82, 2.24) is 9.66 Å². The maximum Gasteiger partial charge on any atom is 0.282 e. The lowest BCUT2D eigenvalue weighted by atomic mass is 9.96. The number of ether oxygens (including phenoxy) is 3. The van der Waals surface area contributed by atoms with Gasteiger partial charge in [0.25, 0.3) is 5.56 Å². The number of methoxy groups -OCH3 is 1. The van der Waals surface area contributed by atoms with Gasteiger partial charge in [-0.1, -0.05) is 37.6 Å². The van der Waals surface area contributed by atoms with Crippen LogP contribution in [0.3, 0.4) is 0 Å². The Hall–Kier alpha value is -3.87. The first-order valence-corrected chi connectivity index (χ1v) is 13.8. The Bertz CT molecular complexity index is 1710. The quantitative estimate of drug-likeness (QED) is 0.184. The summed E-state index contributed by atoms with van der Waals surface area (Å²) >= 11 is 10.0. The zero-order valence-electron chi connectivity index (χ0n) is 22.8. The summed E-state index contributed by atoms with van der Waals surface area (Å²) in [6, 6.07) is 14.7. The minimum Gasteiger partial charge on any atom is -0.494 e. The third kappa shape index (κ3) is 5.69. The first-order chi connectivity index (χ1) is 19.2. The summed E-state index contributed by atoms with van der Waals surface area (Å²) in [4.78, 5) is 18.6. The van der Waals surface area contributed by atoms with Crippen LogP contribution in [0.15, 0.2) is 56.8 Å². The number of aromatic nitrogens is 2. The Labute approximate surface area is 245 Å². The number of hydrogen-bond acceptors (Lipinski definition) is 7. The van der Waals surface area contributed by atoms with Gasteiger partial charge in [-0.05, 0) is 77.2 Å². The van der Waals surface area contributed by atoms with Crippen molar-refractivity contribution in [2.75, 3.05) is 20.3 Å². The van der Waals surface area contributed by atoms with Crippen LogP contribution in [-0.2, 0) is 0 Å². The van der Waals surface area contributed by atoms with Crippen LogP contribution in [0.2, 0.25) is 5.02 Å². The molecule has 0 aliphatic carbocycles. The fourth-order valence-corrected chi connectivity index (χ4v) is 4.94. The molecule has 1 heterocycles. The van der Waals surface area contributed by atoms with Crippen molar-refractivity contribution in [3.05, 3.63) is 79.0 Å². The molecule has 0 aliphatic heterocycles. The summed E-state index contributed by atoms with van der Waals surface area (Å²) in [5.74, 6) is 1.92. The molecule has 0 aliphatic rings. The van der Waals surface area contributed by atoms with Crippen LogP contribution in [-0.4, -0.2) is 36.2 Å². The van der Waals surface area contributed by atoms with Gasteiger partial charge in [0.15, 0.2) is 23.9 Å². The molecule has 1 aromatic heterocycles. The van der Waals surface area contributed by atoms with Crippen molar-refractivity contribution in [1.29, 1.82) is 5.26 Å². The number of benzene rings is 3. The van der Waals surface area contributed by atoms with Gasteiger partial charge in [-0.2, -0.15) is 15.0 Å². The van der Waals surface area contributed by atoms with E-state index >= 15 is 0 Å². The van der Waals surface area contributed by atoms with Gasteiger partial charge in [0.1, 0.15) is 16.8 Å². The molecule has 0 unspecified atom stereocenters. The number of fused-ring (bicyclic) bond motifs is 1. The highest BCUT2D eigenvalue weighted by Gasteiger charge is 2.20. The van der Waals surface area contributed by atoms with E-state index in [0.717, 1.165) is 22.4 Å². The van der Waals surface area contributed by atoms with Crippen LogP contribution in [0, 0.1) is 18.3 Å². The second-order valence-electron chi connectivity index (χ2n) is 9.18. The molecule has 0 saturated heterocycles. The predicted octanol–water partition coefficient (Wildman–Crippen LogP) is 7.10.